The van der Waals surface area contributed by atoms with Crippen LogP contribution in [0, 0.1) is 5.92 Å². The van der Waals surface area contributed by atoms with Crippen LogP contribution in [0.5, 0.6) is 0 Å². The quantitative estimate of drug-likeness (QED) is 0.779. The highest BCUT2D eigenvalue weighted by Crippen LogP contribution is 2.28. The van der Waals surface area contributed by atoms with Gasteiger partial charge in [-0.1, -0.05) is 25.7 Å². The molecule has 120 valence electrons. The number of hydrogen-bond donors (Lipinski definition) is 2. The van der Waals surface area contributed by atoms with E-state index in [0.29, 0.717) is 18.4 Å². The Kier molecular flexibility index (Phi) is 6.03. The van der Waals surface area contributed by atoms with Crippen molar-refractivity contribution in [3.8, 4) is 0 Å². The zero-order chi connectivity index (χ0) is 15.2. The molecule has 2 atom stereocenters. The van der Waals surface area contributed by atoms with Gasteiger partial charge in [0.1, 0.15) is 0 Å². The highest BCUT2D eigenvalue weighted by Gasteiger charge is 2.28. The van der Waals surface area contributed by atoms with Crippen LogP contribution in [-0.4, -0.2) is 35.3 Å². The molecule has 0 heterocycles. The molecule has 2 aliphatic rings. The molecule has 0 radical (unpaired) electrons. The summed E-state index contributed by atoms with van der Waals surface area (Å²) in [7, 11) is 0. The molecule has 21 heavy (non-hydrogen) atoms. The fraction of sp³-hybridized carbons (Fsp3) is 0.875. The van der Waals surface area contributed by atoms with Crippen LogP contribution >= 0.6 is 0 Å². The number of amides is 2. The summed E-state index contributed by atoms with van der Waals surface area (Å²) in [5.74, 6) is 0.256. The van der Waals surface area contributed by atoms with Gasteiger partial charge in [-0.3, -0.25) is 9.59 Å². The Balaban J connectivity index is 1.84. The minimum absolute atomic E-state index is 0.0771. The molecule has 0 aromatic rings. The van der Waals surface area contributed by atoms with Gasteiger partial charge in [-0.05, 0) is 38.0 Å². The third-order valence-corrected chi connectivity index (χ3v) is 5.00. The van der Waals surface area contributed by atoms with Crippen LogP contribution in [-0.2, 0) is 9.59 Å². The minimum atomic E-state index is -0.407. The van der Waals surface area contributed by atoms with Crippen molar-refractivity contribution in [2.75, 3.05) is 6.54 Å². The van der Waals surface area contributed by atoms with Crippen LogP contribution in [0.1, 0.15) is 64.2 Å². The van der Waals surface area contributed by atoms with E-state index in [1.165, 1.54) is 12.8 Å². The van der Waals surface area contributed by atoms with Crippen molar-refractivity contribution in [2.24, 2.45) is 17.4 Å². The number of hydrogen-bond acceptors (Lipinski definition) is 3. The normalized spacial score (nSPS) is 26.7. The number of carbonyl (C=O) groups is 2. The summed E-state index contributed by atoms with van der Waals surface area (Å²) in [6.45, 7) is 0.0771. The van der Waals surface area contributed by atoms with Gasteiger partial charge in [0, 0.05) is 18.5 Å². The van der Waals surface area contributed by atoms with Crippen LogP contribution in [0.4, 0.5) is 0 Å². The summed E-state index contributed by atoms with van der Waals surface area (Å²) in [5, 5.41) is 0. The van der Waals surface area contributed by atoms with Crippen LogP contribution in [0.2, 0.25) is 0 Å². The van der Waals surface area contributed by atoms with E-state index in [2.05, 4.69) is 0 Å². The summed E-state index contributed by atoms with van der Waals surface area (Å²) >= 11 is 0. The molecule has 2 aliphatic carbocycles. The predicted molar refractivity (Wildman–Crippen MR) is 82.3 cm³/mol. The monoisotopic (exact) mass is 295 g/mol. The molecule has 0 aromatic carbocycles. The predicted octanol–water partition coefficient (Wildman–Crippen LogP) is 1.54. The second kappa shape index (κ2) is 7.78. The van der Waals surface area contributed by atoms with E-state index < -0.39 is 5.91 Å². The van der Waals surface area contributed by atoms with E-state index in [0.717, 1.165) is 44.9 Å². The number of nitrogens with two attached hydrogens (primary N) is 2. The first-order valence-electron chi connectivity index (χ1n) is 8.39. The van der Waals surface area contributed by atoms with Crippen molar-refractivity contribution in [2.45, 2.75) is 76.3 Å². The van der Waals surface area contributed by atoms with Crippen molar-refractivity contribution in [3.05, 3.63) is 0 Å². The summed E-state index contributed by atoms with van der Waals surface area (Å²) in [6, 6.07) is 0.522. The van der Waals surface area contributed by atoms with Crippen LogP contribution in [0.25, 0.3) is 0 Å². The number of rotatable bonds is 6. The Morgan fingerprint density at radius 3 is 2.38 bits per heavy atom. The fourth-order valence-corrected chi connectivity index (χ4v) is 3.87. The van der Waals surface area contributed by atoms with Gasteiger partial charge in [-0.25, -0.2) is 0 Å². The Hall–Kier alpha value is -1.10. The lowest BCUT2D eigenvalue weighted by molar-refractivity contribution is -0.137. The molecule has 5 heteroatoms. The van der Waals surface area contributed by atoms with E-state index in [4.69, 9.17) is 11.5 Å². The fourth-order valence-electron chi connectivity index (χ4n) is 3.87. The van der Waals surface area contributed by atoms with Crippen molar-refractivity contribution >= 4 is 11.8 Å². The maximum Gasteiger partial charge on any atom is 0.237 e. The lowest BCUT2D eigenvalue weighted by Crippen LogP contribution is -2.44. The Labute approximate surface area is 127 Å². The molecule has 4 N–H and O–H groups in total. The van der Waals surface area contributed by atoms with Crippen LogP contribution in [0.15, 0.2) is 0 Å². The maximum atomic E-state index is 12.5. The Morgan fingerprint density at radius 2 is 1.76 bits per heavy atom. The Bertz CT molecular complexity index is 367. The molecule has 0 saturated heterocycles. The van der Waals surface area contributed by atoms with Gasteiger partial charge in [-0.2, -0.15) is 0 Å². The largest absolute Gasteiger partial charge is 0.368 e. The van der Waals surface area contributed by atoms with Crippen molar-refractivity contribution in [1.29, 1.82) is 0 Å². The topological polar surface area (TPSA) is 89.4 Å². The summed E-state index contributed by atoms with van der Waals surface area (Å²) in [5.41, 5.74) is 11.3. The second-order valence-electron chi connectivity index (χ2n) is 6.76. The maximum absolute atomic E-state index is 12.5. The lowest BCUT2D eigenvalue weighted by atomic mass is 9.83. The van der Waals surface area contributed by atoms with Gasteiger partial charge < -0.3 is 16.4 Å². The highest BCUT2D eigenvalue weighted by atomic mass is 16.2. The minimum Gasteiger partial charge on any atom is -0.368 e. The van der Waals surface area contributed by atoms with Crippen molar-refractivity contribution in [1.82, 2.24) is 4.90 Å². The molecule has 0 aliphatic heterocycles. The average molecular weight is 295 g/mol. The molecule has 2 amide bonds. The molecule has 2 rings (SSSR count). The van der Waals surface area contributed by atoms with E-state index in [1.54, 1.807) is 4.90 Å². The molecule has 5 nitrogen and oxygen atoms in total. The summed E-state index contributed by atoms with van der Waals surface area (Å²) in [4.78, 5) is 25.4. The standard InChI is InChI=1S/C16H29N3O2/c17-13-5-3-4-12(10-13)8-9-16(21)19(11-15(18)20)14-6-1-2-7-14/h12-14H,1-11,17H2,(H2,18,20). The van der Waals surface area contributed by atoms with Gasteiger partial charge in [0.2, 0.25) is 11.8 Å². The molecular weight excluding hydrogens is 266 g/mol. The van der Waals surface area contributed by atoms with E-state index >= 15 is 0 Å². The molecule has 0 bridgehead atoms. The summed E-state index contributed by atoms with van der Waals surface area (Å²) in [6.07, 6.45) is 10.2. The number of nitrogens with zero attached hydrogens (tertiary/aromatic N) is 1. The Morgan fingerprint density at radius 1 is 1.05 bits per heavy atom. The summed E-state index contributed by atoms with van der Waals surface area (Å²) < 4.78 is 0. The smallest absolute Gasteiger partial charge is 0.237 e. The molecule has 0 spiro atoms. The van der Waals surface area contributed by atoms with Crippen molar-refractivity contribution < 1.29 is 9.59 Å². The second-order valence-corrected chi connectivity index (χ2v) is 6.76. The van der Waals surface area contributed by atoms with E-state index in [9.17, 15) is 9.59 Å². The molecule has 2 saturated carbocycles. The third kappa shape index (κ3) is 4.99. The van der Waals surface area contributed by atoms with Crippen molar-refractivity contribution in [3.63, 3.8) is 0 Å². The van der Waals surface area contributed by atoms with Gasteiger partial charge >= 0.3 is 0 Å². The molecule has 0 aromatic heterocycles. The van der Waals surface area contributed by atoms with Crippen LogP contribution < -0.4 is 11.5 Å². The first-order valence-corrected chi connectivity index (χ1v) is 8.39. The van der Waals surface area contributed by atoms with E-state index in [-0.39, 0.29) is 18.5 Å². The average Bonchev–Trinajstić information content (AvgIpc) is 2.96. The SMILES string of the molecule is NC(=O)CN(C(=O)CCC1CCCC(N)C1)C1CCCC1. The molecular formula is C16H29N3O2. The molecule has 2 fully saturated rings. The first-order chi connectivity index (χ1) is 10.1. The van der Waals surface area contributed by atoms with Gasteiger partial charge in [0.05, 0.1) is 6.54 Å². The molecule has 2 unspecified atom stereocenters. The van der Waals surface area contributed by atoms with Crippen LogP contribution in [0.3, 0.4) is 0 Å². The van der Waals surface area contributed by atoms with Gasteiger partial charge in [-0.15, -0.1) is 0 Å². The lowest BCUT2D eigenvalue weighted by Gasteiger charge is -2.30. The van der Waals surface area contributed by atoms with Gasteiger partial charge in [0.15, 0.2) is 0 Å². The van der Waals surface area contributed by atoms with E-state index in [1.807, 2.05) is 0 Å². The van der Waals surface area contributed by atoms with Gasteiger partial charge in [0.25, 0.3) is 0 Å². The number of carbonyl (C=O) groups excluding carboxylic acids is 2. The highest BCUT2D eigenvalue weighted by molar-refractivity contribution is 5.84. The first kappa shape index (κ1) is 16.3. The zero-order valence-corrected chi connectivity index (χ0v) is 12.9. The third-order valence-electron chi connectivity index (χ3n) is 5.00. The zero-order valence-electron chi connectivity index (χ0n) is 12.9. The number of primary amides is 1.